The molecule has 0 saturated carbocycles. The van der Waals surface area contributed by atoms with E-state index in [4.69, 9.17) is 9.47 Å². The van der Waals surface area contributed by atoms with E-state index in [2.05, 4.69) is 10.3 Å². The molecule has 0 fully saturated rings. The minimum atomic E-state index is -0.809. The minimum Gasteiger partial charge on any atom is -0.455 e. The van der Waals surface area contributed by atoms with Gasteiger partial charge in [-0.1, -0.05) is 18.2 Å². The lowest BCUT2D eigenvalue weighted by Crippen LogP contribution is -2.25. The fraction of sp³-hybridized carbons (Fsp3) is 0.200. The van der Waals surface area contributed by atoms with Crippen LogP contribution in [0.25, 0.3) is 10.9 Å². The SMILES string of the molecule is CC(C)(C)OC(=O)c1[nH]c2ccccc2c1NC(=O)Oc1ccc(F)cc1. The molecular formula is C20H19FN2O4. The maximum absolute atomic E-state index is 13.0. The molecule has 0 unspecified atom stereocenters. The first-order chi connectivity index (χ1) is 12.7. The highest BCUT2D eigenvalue weighted by Crippen LogP contribution is 2.29. The van der Waals surface area contributed by atoms with Crippen LogP contribution in [0.5, 0.6) is 5.75 Å². The Kier molecular flexibility index (Phi) is 4.85. The number of aromatic nitrogens is 1. The number of hydrogen-bond acceptors (Lipinski definition) is 4. The molecule has 0 bridgehead atoms. The number of rotatable bonds is 3. The van der Waals surface area contributed by atoms with Gasteiger partial charge in [0.25, 0.3) is 0 Å². The molecule has 2 N–H and O–H groups in total. The number of anilines is 1. The topological polar surface area (TPSA) is 80.4 Å². The lowest BCUT2D eigenvalue weighted by atomic mass is 10.2. The standard InChI is InChI=1S/C20H19FN2O4/c1-20(2,3)27-18(24)17-16(14-6-4-5-7-15(14)22-17)23-19(25)26-13-10-8-12(21)9-11-13/h4-11,22H,1-3H3,(H,23,25). The predicted molar refractivity (Wildman–Crippen MR) is 99.5 cm³/mol. The highest BCUT2D eigenvalue weighted by molar-refractivity contribution is 6.10. The number of ether oxygens (including phenoxy) is 2. The summed E-state index contributed by atoms with van der Waals surface area (Å²) in [5.74, 6) is -0.866. The summed E-state index contributed by atoms with van der Waals surface area (Å²) in [7, 11) is 0. The maximum Gasteiger partial charge on any atom is 0.417 e. The molecule has 0 radical (unpaired) electrons. The first-order valence-corrected chi connectivity index (χ1v) is 8.31. The Hall–Kier alpha value is -3.35. The van der Waals surface area contributed by atoms with Crippen LogP contribution in [0.3, 0.4) is 0 Å². The third-order valence-electron chi connectivity index (χ3n) is 3.56. The van der Waals surface area contributed by atoms with Crippen molar-refractivity contribution < 1.29 is 23.5 Å². The van der Waals surface area contributed by atoms with E-state index in [1.54, 1.807) is 45.0 Å². The summed E-state index contributed by atoms with van der Waals surface area (Å²) in [4.78, 5) is 27.8. The highest BCUT2D eigenvalue weighted by Gasteiger charge is 2.25. The van der Waals surface area contributed by atoms with Crippen LogP contribution >= 0.6 is 0 Å². The van der Waals surface area contributed by atoms with Crippen LogP contribution < -0.4 is 10.1 Å². The summed E-state index contributed by atoms with van der Waals surface area (Å²) in [6.45, 7) is 5.26. The van der Waals surface area contributed by atoms with Crippen molar-refractivity contribution in [1.82, 2.24) is 4.98 Å². The van der Waals surface area contributed by atoms with Gasteiger partial charge in [-0.3, -0.25) is 5.32 Å². The molecule has 1 aromatic heterocycles. The second-order valence-corrected chi connectivity index (χ2v) is 6.89. The van der Waals surface area contributed by atoms with Crippen LogP contribution in [-0.4, -0.2) is 22.6 Å². The quantitative estimate of drug-likeness (QED) is 0.645. The smallest absolute Gasteiger partial charge is 0.417 e. The zero-order valence-corrected chi connectivity index (χ0v) is 15.1. The van der Waals surface area contributed by atoms with E-state index in [0.29, 0.717) is 10.9 Å². The predicted octanol–water partition coefficient (Wildman–Crippen LogP) is 4.87. The van der Waals surface area contributed by atoms with Gasteiger partial charge in [0.05, 0.1) is 5.69 Å². The van der Waals surface area contributed by atoms with Gasteiger partial charge in [-0.2, -0.15) is 0 Å². The van der Waals surface area contributed by atoms with E-state index in [1.165, 1.54) is 24.3 Å². The van der Waals surface area contributed by atoms with Crippen LogP contribution in [0.4, 0.5) is 14.9 Å². The molecule has 27 heavy (non-hydrogen) atoms. The summed E-state index contributed by atoms with van der Waals surface area (Å²) < 4.78 is 23.5. The van der Waals surface area contributed by atoms with E-state index in [0.717, 1.165) is 0 Å². The van der Waals surface area contributed by atoms with Gasteiger partial charge in [0.1, 0.15) is 22.9 Å². The normalized spacial score (nSPS) is 11.3. The molecule has 0 saturated heterocycles. The summed E-state index contributed by atoms with van der Waals surface area (Å²) in [5.41, 5.74) is 0.338. The van der Waals surface area contributed by atoms with E-state index < -0.39 is 23.5 Å². The van der Waals surface area contributed by atoms with Crippen molar-refractivity contribution in [3.05, 3.63) is 60.0 Å². The maximum atomic E-state index is 13.0. The molecule has 1 amide bonds. The number of para-hydroxylation sites is 1. The summed E-state index contributed by atoms with van der Waals surface area (Å²) in [6, 6.07) is 12.1. The molecule has 1 heterocycles. The van der Waals surface area contributed by atoms with E-state index in [9.17, 15) is 14.0 Å². The third-order valence-corrected chi connectivity index (χ3v) is 3.56. The fourth-order valence-electron chi connectivity index (χ4n) is 2.49. The van der Waals surface area contributed by atoms with Crippen LogP contribution in [0.1, 0.15) is 31.3 Å². The largest absolute Gasteiger partial charge is 0.455 e. The molecule has 0 aliphatic carbocycles. The second-order valence-electron chi connectivity index (χ2n) is 6.89. The number of hydrogen-bond donors (Lipinski definition) is 2. The van der Waals surface area contributed by atoms with Gasteiger partial charge in [0.2, 0.25) is 0 Å². The van der Waals surface area contributed by atoms with Crippen LogP contribution in [0.2, 0.25) is 0 Å². The summed E-state index contributed by atoms with van der Waals surface area (Å²) >= 11 is 0. The molecule has 140 valence electrons. The van der Waals surface area contributed by atoms with Gasteiger partial charge >= 0.3 is 12.1 Å². The molecule has 3 aromatic rings. The Morgan fingerprint density at radius 1 is 1.04 bits per heavy atom. The average Bonchev–Trinajstić information content (AvgIpc) is 2.94. The number of aromatic amines is 1. The molecule has 0 spiro atoms. The van der Waals surface area contributed by atoms with Crippen molar-refractivity contribution in [2.24, 2.45) is 0 Å². The number of H-pyrrole nitrogens is 1. The summed E-state index contributed by atoms with van der Waals surface area (Å²) in [5, 5.41) is 3.21. The van der Waals surface area contributed by atoms with Crippen molar-refractivity contribution in [1.29, 1.82) is 0 Å². The van der Waals surface area contributed by atoms with Gasteiger partial charge in [0.15, 0.2) is 0 Å². The second kappa shape index (κ2) is 7.11. The summed E-state index contributed by atoms with van der Waals surface area (Å²) in [6.07, 6.45) is -0.809. The number of amides is 1. The van der Waals surface area contributed by atoms with Crippen molar-refractivity contribution in [3.63, 3.8) is 0 Å². The first-order valence-electron chi connectivity index (χ1n) is 8.31. The molecule has 0 aliphatic heterocycles. The monoisotopic (exact) mass is 370 g/mol. The van der Waals surface area contributed by atoms with E-state index in [-0.39, 0.29) is 17.1 Å². The van der Waals surface area contributed by atoms with Crippen LogP contribution in [0.15, 0.2) is 48.5 Å². The molecule has 7 heteroatoms. The average molecular weight is 370 g/mol. The van der Waals surface area contributed by atoms with Gasteiger partial charge in [-0.05, 0) is 51.1 Å². The van der Waals surface area contributed by atoms with Gasteiger partial charge < -0.3 is 14.5 Å². The molecule has 6 nitrogen and oxygen atoms in total. The van der Waals surface area contributed by atoms with Gasteiger partial charge in [-0.25, -0.2) is 14.0 Å². The fourth-order valence-corrected chi connectivity index (χ4v) is 2.49. The van der Waals surface area contributed by atoms with Crippen molar-refractivity contribution in [2.45, 2.75) is 26.4 Å². The Balaban J connectivity index is 1.89. The number of carbonyl (C=O) groups excluding carboxylic acids is 2. The number of esters is 1. The minimum absolute atomic E-state index is 0.113. The molecule has 2 aromatic carbocycles. The molecule has 0 aliphatic rings. The zero-order chi connectivity index (χ0) is 19.6. The van der Waals surface area contributed by atoms with Gasteiger partial charge in [-0.15, -0.1) is 0 Å². The Labute approximate surface area is 155 Å². The number of benzene rings is 2. The number of nitrogens with one attached hydrogen (secondary N) is 2. The molecular weight excluding hydrogens is 351 g/mol. The van der Waals surface area contributed by atoms with Crippen LogP contribution in [0, 0.1) is 5.82 Å². The number of carbonyl (C=O) groups is 2. The number of fused-ring (bicyclic) bond motifs is 1. The molecule has 0 atom stereocenters. The van der Waals surface area contributed by atoms with Crippen molar-refractivity contribution in [3.8, 4) is 5.75 Å². The Morgan fingerprint density at radius 2 is 1.70 bits per heavy atom. The van der Waals surface area contributed by atoms with E-state index in [1.807, 2.05) is 0 Å². The zero-order valence-electron chi connectivity index (χ0n) is 15.1. The third kappa shape index (κ3) is 4.44. The molecule has 3 rings (SSSR count). The lowest BCUT2D eigenvalue weighted by Gasteiger charge is -2.19. The van der Waals surface area contributed by atoms with E-state index >= 15 is 0 Å². The van der Waals surface area contributed by atoms with Crippen molar-refractivity contribution in [2.75, 3.05) is 5.32 Å². The van der Waals surface area contributed by atoms with Gasteiger partial charge in [0, 0.05) is 10.9 Å². The highest BCUT2D eigenvalue weighted by atomic mass is 19.1. The Bertz CT molecular complexity index is 987. The first kappa shape index (κ1) is 18.4. The lowest BCUT2D eigenvalue weighted by molar-refractivity contribution is 0.00651. The Morgan fingerprint density at radius 3 is 2.37 bits per heavy atom. The number of halogens is 1. The van der Waals surface area contributed by atoms with Crippen LogP contribution in [-0.2, 0) is 4.74 Å². The van der Waals surface area contributed by atoms with Crippen molar-refractivity contribution >= 4 is 28.7 Å².